The Morgan fingerprint density at radius 3 is 2.85 bits per heavy atom. The van der Waals surface area contributed by atoms with E-state index in [1.807, 2.05) is 60.5 Å². The number of para-hydroxylation sites is 1. The molecule has 1 aromatic heterocycles. The highest BCUT2D eigenvalue weighted by Crippen LogP contribution is 2.27. The Bertz CT molecular complexity index is 990. The van der Waals surface area contributed by atoms with Gasteiger partial charge in [-0.3, -0.25) is 9.59 Å². The molecule has 26 heavy (non-hydrogen) atoms. The second-order valence-electron chi connectivity index (χ2n) is 6.73. The molecule has 2 amide bonds. The molecule has 2 heterocycles. The molecule has 0 saturated carbocycles. The van der Waals surface area contributed by atoms with E-state index in [1.54, 1.807) is 0 Å². The lowest BCUT2D eigenvalue weighted by atomic mass is 10.1. The fourth-order valence-electron chi connectivity index (χ4n) is 3.59. The molecular formula is C21H21N3O2. The number of aromatic nitrogens is 1. The van der Waals surface area contributed by atoms with Crippen molar-refractivity contribution < 1.29 is 9.59 Å². The minimum absolute atomic E-state index is 0.0563. The summed E-state index contributed by atoms with van der Waals surface area (Å²) in [5.74, 6) is 0.114. The van der Waals surface area contributed by atoms with Crippen molar-refractivity contribution in [2.24, 2.45) is 0 Å². The minimum atomic E-state index is -0.0563. The molecule has 1 fully saturated rings. The van der Waals surface area contributed by atoms with Gasteiger partial charge in [0, 0.05) is 41.4 Å². The van der Waals surface area contributed by atoms with Gasteiger partial charge in [-0.1, -0.05) is 18.2 Å². The highest BCUT2D eigenvalue weighted by molar-refractivity contribution is 5.98. The van der Waals surface area contributed by atoms with Gasteiger partial charge < -0.3 is 15.2 Å². The first-order chi connectivity index (χ1) is 12.6. The molecule has 4 rings (SSSR count). The predicted octanol–water partition coefficient (Wildman–Crippen LogP) is 3.78. The number of benzene rings is 2. The second kappa shape index (κ2) is 6.67. The Morgan fingerprint density at radius 1 is 1.23 bits per heavy atom. The van der Waals surface area contributed by atoms with E-state index in [9.17, 15) is 9.59 Å². The van der Waals surface area contributed by atoms with E-state index in [1.165, 1.54) is 0 Å². The average Bonchev–Trinajstić information content (AvgIpc) is 3.22. The van der Waals surface area contributed by atoms with Gasteiger partial charge in [-0.15, -0.1) is 0 Å². The van der Waals surface area contributed by atoms with Gasteiger partial charge in [-0.2, -0.15) is 0 Å². The maximum Gasteiger partial charge on any atom is 0.228 e. The van der Waals surface area contributed by atoms with Crippen LogP contribution in [0.4, 0.5) is 11.4 Å². The van der Waals surface area contributed by atoms with Crippen molar-refractivity contribution in [3.05, 3.63) is 59.8 Å². The van der Waals surface area contributed by atoms with Crippen molar-refractivity contribution >= 4 is 34.1 Å². The largest absolute Gasteiger partial charge is 0.361 e. The van der Waals surface area contributed by atoms with E-state index in [0.29, 0.717) is 12.8 Å². The number of amides is 2. The van der Waals surface area contributed by atoms with Crippen molar-refractivity contribution in [1.29, 1.82) is 0 Å². The first-order valence-corrected chi connectivity index (χ1v) is 8.88. The van der Waals surface area contributed by atoms with E-state index in [2.05, 4.69) is 10.3 Å². The van der Waals surface area contributed by atoms with Crippen molar-refractivity contribution in [3.63, 3.8) is 0 Å². The van der Waals surface area contributed by atoms with Gasteiger partial charge in [0.25, 0.3) is 0 Å². The van der Waals surface area contributed by atoms with Gasteiger partial charge >= 0.3 is 0 Å². The number of hydrogen-bond acceptors (Lipinski definition) is 2. The summed E-state index contributed by atoms with van der Waals surface area (Å²) in [7, 11) is 0. The summed E-state index contributed by atoms with van der Waals surface area (Å²) in [5, 5.41) is 4.03. The summed E-state index contributed by atoms with van der Waals surface area (Å²) in [5.41, 5.74) is 4.69. The van der Waals surface area contributed by atoms with Crippen molar-refractivity contribution in [3.8, 4) is 0 Å². The van der Waals surface area contributed by atoms with Crippen LogP contribution in [0, 0.1) is 6.92 Å². The molecule has 0 unspecified atom stereocenters. The Labute approximate surface area is 152 Å². The number of anilines is 2. The molecule has 132 valence electrons. The molecule has 0 spiro atoms. The molecule has 3 aromatic rings. The molecule has 2 aromatic carbocycles. The molecule has 0 bridgehead atoms. The number of carbonyl (C=O) groups excluding carboxylic acids is 2. The van der Waals surface area contributed by atoms with Gasteiger partial charge in [0.1, 0.15) is 0 Å². The monoisotopic (exact) mass is 347 g/mol. The lowest BCUT2D eigenvalue weighted by Gasteiger charge is -2.19. The summed E-state index contributed by atoms with van der Waals surface area (Å²) in [4.78, 5) is 29.4. The topological polar surface area (TPSA) is 65.2 Å². The normalized spacial score (nSPS) is 14.2. The Hall–Kier alpha value is -3.08. The van der Waals surface area contributed by atoms with E-state index >= 15 is 0 Å². The lowest BCUT2D eigenvalue weighted by molar-refractivity contribution is -0.117. The molecule has 1 aliphatic heterocycles. The van der Waals surface area contributed by atoms with E-state index in [-0.39, 0.29) is 11.8 Å². The maximum absolute atomic E-state index is 12.4. The van der Waals surface area contributed by atoms with Crippen LogP contribution in [0.3, 0.4) is 0 Å². The summed E-state index contributed by atoms with van der Waals surface area (Å²) in [6, 6.07) is 13.7. The van der Waals surface area contributed by atoms with E-state index in [0.717, 1.165) is 46.4 Å². The number of rotatable bonds is 4. The number of fused-ring (bicyclic) bond motifs is 1. The van der Waals surface area contributed by atoms with Gasteiger partial charge in [-0.05, 0) is 48.7 Å². The number of hydrogen-bond donors (Lipinski definition) is 2. The smallest absolute Gasteiger partial charge is 0.228 e. The molecule has 2 N–H and O–H groups in total. The molecule has 1 saturated heterocycles. The lowest BCUT2D eigenvalue weighted by Crippen LogP contribution is -2.24. The average molecular weight is 347 g/mol. The third kappa shape index (κ3) is 3.08. The summed E-state index contributed by atoms with van der Waals surface area (Å²) >= 11 is 0. The van der Waals surface area contributed by atoms with Gasteiger partial charge in [0.05, 0.1) is 6.42 Å². The van der Waals surface area contributed by atoms with Crippen molar-refractivity contribution in [2.75, 3.05) is 16.8 Å². The Kier molecular flexibility index (Phi) is 4.21. The van der Waals surface area contributed by atoms with Crippen LogP contribution in [-0.2, 0) is 16.0 Å². The number of nitrogens with one attached hydrogen (secondary N) is 2. The van der Waals surface area contributed by atoms with Crippen LogP contribution < -0.4 is 10.2 Å². The number of nitrogens with zero attached hydrogens (tertiary/aromatic N) is 1. The van der Waals surface area contributed by atoms with Crippen molar-refractivity contribution in [1.82, 2.24) is 4.98 Å². The van der Waals surface area contributed by atoms with Crippen LogP contribution in [0.5, 0.6) is 0 Å². The molecule has 5 nitrogen and oxygen atoms in total. The third-order valence-corrected chi connectivity index (χ3v) is 4.87. The Balaban J connectivity index is 1.47. The molecule has 5 heteroatoms. The quantitative estimate of drug-likeness (QED) is 0.754. The zero-order chi connectivity index (χ0) is 18.1. The van der Waals surface area contributed by atoms with Crippen molar-refractivity contribution in [2.45, 2.75) is 26.2 Å². The fraction of sp³-hybridized carbons (Fsp3) is 0.238. The number of carbonyl (C=O) groups is 2. The molecule has 0 atom stereocenters. The van der Waals surface area contributed by atoms with Crippen LogP contribution in [0.15, 0.2) is 48.7 Å². The number of H-pyrrole nitrogens is 1. The van der Waals surface area contributed by atoms with Crippen LogP contribution in [0.25, 0.3) is 10.9 Å². The summed E-state index contributed by atoms with van der Waals surface area (Å²) in [6.07, 6.45) is 3.72. The second-order valence-corrected chi connectivity index (χ2v) is 6.73. The predicted molar refractivity (Wildman–Crippen MR) is 103 cm³/mol. The van der Waals surface area contributed by atoms with Gasteiger partial charge in [0.15, 0.2) is 0 Å². The van der Waals surface area contributed by atoms with Crippen LogP contribution >= 0.6 is 0 Å². The highest BCUT2D eigenvalue weighted by Gasteiger charge is 2.23. The zero-order valence-electron chi connectivity index (χ0n) is 14.7. The molecular weight excluding hydrogens is 326 g/mol. The SMILES string of the molecule is Cc1cc(NC(=O)Cc2c[nH]c3ccccc23)ccc1N1CCCC1=O. The molecule has 1 aliphatic rings. The number of aryl methyl sites for hydroxylation is 1. The van der Waals surface area contributed by atoms with Crippen LogP contribution in [0.2, 0.25) is 0 Å². The van der Waals surface area contributed by atoms with Crippen LogP contribution in [-0.4, -0.2) is 23.3 Å². The first kappa shape index (κ1) is 16.4. The summed E-state index contributed by atoms with van der Waals surface area (Å²) < 4.78 is 0. The van der Waals surface area contributed by atoms with Gasteiger partial charge in [0.2, 0.25) is 11.8 Å². The highest BCUT2D eigenvalue weighted by atomic mass is 16.2. The first-order valence-electron chi connectivity index (χ1n) is 8.88. The fourth-order valence-corrected chi connectivity index (χ4v) is 3.59. The minimum Gasteiger partial charge on any atom is -0.361 e. The summed E-state index contributed by atoms with van der Waals surface area (Å²) in [6.45, 7) is 2.74. The van der Waals surface area contributed by atoms with Crippen LogP contribution in [0.1, 0.15) is 24.0 Å². The van der Waals surface area contributed by atoms with Gasteiger partial charge in [-0.25, -0.2) is 0 Å². The number of aromatic amines is 1. The zero-order valence-corrected chi connectivity index (χ0v) is 14.7. The van der Waals surface area contributed by atoms with E-state index < -0.39 is 0 Å². The maximum atomic E-state index is 12.4. The molecule has 0 radical (unpaired) electrons. The molecule has 0 aliphatic carbocycles. The third-order valence-electron chi connectivity index (χ3n) is 4.87. The Morgan fingerprint density at radius 2 is 2.08 bits per heavy atom. The standard InChI is InChI=1S/C21H21N3O2/c1-14-11-16(8-9-19(14)24-10-4-7-21(24)26)23-20(25)12-15-13-22-18-6-3-2-5-17(15)18/h2-3,5-6,8-9,11,13,22H,4,7,10,12H2,1H3,(H,23,25). The van der Waals surface area contributed by atoms with E-state index in [4.69, 9.17) is 0 Å².